The number of carbonyl (C=O) groups excluding carboxylic acids is 1. The van der Waals surface area contributed by atoms with Gasteiger partial charge in [-0.05, 0) is 74.5 Å². The Balaban J connectivity index is 1.43. The third-order valence-corrected chi connectivity index (χ3v) is 9.77. The summed E-state index contributed by atoms with van der Waals surface area (Å²) in [5, 5.41) is 0. The summed E-state index contributed by atoms with van der Waals surface area (Å²) in [5.74, 6) is 1.84. The van der Waals surface area contributed by atoms with Crippen LogP contribution in [0.3, 0.4) is 0 Å². The predicted octanol–water partition coefficient (Wildman–Crippen LogP) is 2.39. The van der Waals surface area contributed by atoms with E-state index in [-0.39, 0.29) is 40.4 Å². The van der Waals surface area contributed by atoms with E-state index in [1.807, 2.05) is 25.7 Å². The van der Waals surface area contributed by atoms with Crippen LogP contribution in [-0.4, -0.2) is 30.4 Å². The van der Waals surface area contributed by atoms with E-state index >= 15 is 0 Å². The van der Waals surface area contributed by atoms with Crippen molar-refractivity contribution in [1.29, 1.82) is 0 Å². The van der Waals surface area contributed by atoms with Crippen molar-refractivity contribution < 1.29 is 13.2 Å². The van der Waals surface area contributed by atoms with Gasteiger partial charge in [0.05, 0.1) is 11.8 Å². The highest BCUT2D eigenvalue weighted by atomic mass is 32.2. The van der Waals surface area contributed by atoms with Gasteiger partial charge in [0.1, 0.15) is 0 Å². The molecule has 24 heavy (non-hydrogen) atoms. The topological polar surface area (TPSA) is 54.5 Å². The molecule has 0 unspecified atom stereocenters. The Labute approximate surface area is 145 Å². The van der Waals surface area contributed by atoms with Crippen LogP contribution in [0, 0.1) is 60.2 Å². The van der Waals surface area contributed by atoms with Crippen molar-refractivity contribution in [2.75, 3.05) is 5.75 Å². The van der Waals surface area contributed by atoms with Gasteiger partial charge in [0.25, 0.3) is 0 Å². The smallest absolute Gasteiger partial charge is 0.239 e. The molecule has 4 nitrogen and oxygen atoms in total. The minimum Gasteiger partial charge on any atom is -0.273 e. The van der Waals surface area contributed by atoms with Gasteiger partial charge in [-0.2, -0.15) is 0 Å². The molecule has 4 aliphatic carbocycles. The number of rotatable bonds is 2. The Bertz CT molecular complexity index is 693. The molecule has 0 aromatic heterocycles. The van der Waals surface area contributed by atoms with E-state index in [4.69, 9.17) is 0 Å². The molecule has 0 N–H and O–H groups in total. The van der Waals surface area contributed by atoms with E-state index in [2.05, 4.69) is 13.8 Å². The van der Waals surface area contributed by atoms with Crippen LogP contribution < -0.4 is 0 Å². The number of nitrogens with zero attached hydrogens (tertiary/aromatic N) is 1. The molecule has 129 valence electrons. The van der Waals surface area contributed by atoms with Crippen LogP contribution in [0.5, 0.6) is 0 Å². The zero-order chi connectivity index (χ0) is 16.9. The number of amides is 1. The molecule has 2 bridgehead atoms. The first-order chi connectivity index (χ1) is 11.3. The lowest BCUT2D eigenvalue weighted by molar-refractivity contribution is -0.130. The standard InChI is InChI=1S/C19H24NO3S/c1-18(2)13-7-8-19(18)11-24(22,23)20(16(19)9-13)17(21)15-10-14(15)12-5-3-4-6-12/h3-6,13-16H,7-11H2,1-2H3/t13-,14+,15-,16-,19-/m1/s1. The highest BCUT2D eigenvalue weighted by Crippen LogP contribution is 2.70. The zero-order valence-corrected chi connectivity index (χ0v) is 15.1. The fourth-order valence-electron chi connectivity index (χ4n) is 6.21. The van der Waals surface area contributed by atoms with E-state index in [0.29, 0.717) is 5.92 Å². The number of carbonyl (C=O) groups is 1. The van der Waals surface area contributed by atoms with E-state index in [1.54, 1.807) is 0 Å². The van der Waals surface area contributed by atoms with Gasteiger partial charge < -0.3 is 0 Å². The van der Waals surface area contributed by atoms with Crippen molar-refractivity contribution in [1.82, 2.24) is 4.31 Å². The van der Waals surface area contributed by atoms with Gasteiger partial charge in [0.2, 0.25) is 15.9 Å². The first kappa shape index (κ1) is 15.7. The molecule has 4 saturated carbocycles. The van der Waals surface area contributed by atoms with Crippen LogP contribution in [0.25, 0.3) is 0 Å². The maximum atomic E-state index is 13.1. The minimum atomic E-state index is -3.47. The minimum absolute atomic E-state index is 0.0222. The molecule has 5 heteroatoms. The number of sulfonamides is 1. The SMILES string of the molecule is CC1(C)[C@@H]2CC[C@]13CS(=O)(=O)N(C(=O)[C@@H]1C[C@H]1[C]1[CH][CH][CH][CH]1)[C@@H]3C2. The molecule has 5 fully saturated rings. The second-order valence-corrected chi connectivity index (χ2v) is 10.8. The van der Waals surface area contributed by atoms with Crippen LogP contribution in [0.15, 0.2) is 0 Å². The Hall–Kier alpha value is -0.580. The first-order valence-electron chi connectivity index (χ1n) is 9.05. The van der Waals surface area contributed by atoms with Crippen molar-refractivity contribution in [3.05, 3.63) is 31.6 Å². The van der Waals surface area contributed by atoms with Crippen LogP contribution in [-0.2, 0) is 14.8 Å². The Morgan fingerprint density at radius 2 is 1.92 bits per heavy atom. The molecule has 0 aromatic carbocycles. The van der Waals surface area contributed by atoms with Crippen LogP contribution in [0.4, 0.5) is 0 Å². The highest BCUT2D eigenvalue weighted by Gasteiger charge is 2.73. The summed E-state index contributed by atoms with van der Waals surface area (Å²) in [6.45, 7) is 4.44. The van der Waals surface area contributed by atoms with Crippen molar-refractivity contribution in [3.63, 3.8) is 0 Å². The average Bonchev–Trinajstić information content (AvgIpc) is 2.83. The van der Waals surface area contributed by atoms with Gasteiger partial charge in [-0.1, -0.05) is 13.8 Å². The predicted molar refractivity (Wildman–Crippen MR) is 90.0 cm³/mol. The lowest BCUT2D eigenvalue weighted by Crippen LogP contribution is -2.45. The molecule has 5 atom stereocenters. The maximum absolute atomic E-state index is 13.1. The zero-order valence-electron chi connectivity index (χ0n) is 14.2. The van der Waals surface area contributed by atoms with Crippen molar-refractivity contribution in [3.8, 4) is 0 Å². The van der Waals surface area contributed by atoms with Crippen molar-refractivity contribution in [2.24, 2.45) is 28.6 Å². The van der Waals surface area contributed by atoms with E-state index in [9.17, 15) is 13.2 Å². The first-order valence-corrected chi connectivity index (χ1v) is 10.7. The third-order valence-electron chi connectivity index (χ3n) is 7.85. The fraction of sp³-hybridized carbons (Fsp3) is 0.684. The summed E-state index contributed by atoms with van der Waals surface area (Å²) >= 11 is 0. The fourth-order valence-corrected chi connectivity index (χ4v) is 8.80. The normalized spacial score (nSPS) is 48.0. The van der Waals surface area contributed by atoms with Crippen molar-refractivity contribution in [2.45, 2.75) is 45.6 Å². The van der Waals surface area contributed by atoms with Gasteiger partial charge in [-0.15, -0.1) is 0 Å². The Kier molecular flexibility index (Phi) is 2.98. The van der Waals surface area contributed by atoms with Crippen LogP contribution >= 0.6 is 0 Å². The van der Waals surface area contributed by atoms with Crippen LogP contribution in [0.1, 0.15) is 39.5 Å². The van der Waals surface area contributed by atoms with Gasteiger partial charge in [0, 0.05) is 11.3 Å². The van der Waals surface area contributed by atoms with Crippen molar-refractivity contribution >= 4 is 15.9 Å². The van der Waals surface area contributed by atoms with E-state index in [0.717, 1.165) is 25.7 Å². The van der Waals surface area contributed by atoms with Crippen LogP contribution in [0.2, 0.25) is 0 Å². The largest absolute Gasteiger partial charge is 0.273 e. The van der Waals surface area contributed by atoms with Gasteiger partial charge in [-0.3, -0.25) is 4.79 Å². The summed E-state index contributed by atoms with van der Waals surface area (Å²) < 4.78 is 27.2. The lowest BCUT2D eigenvalue weighted by Gasteiger charge is -2.37. The summed E-state index contributed by atoms with van der Waals surface area (Å²) in [7, 11) is -3.47. The molecule has 1 heterocycles. The average molecular weight is 346 g/mol. The molecule has 5 radical (unpaired) electrons. The summed E-state index contributed by atoms with van der Waals surface area (Å²) in [5.41, 5.74) is -0.189. The molecule has 5 rings (SSSR count). The summed E-state index contributed by atoms with van der Waals surface area (Å²) in [4.78, 5) is 13.1. The van der Waals surface area contributed by atoms with E-state index in [1.165, 1.54) is 10.2 Å². The summed E-state index contributed by atoms with van der Waals surface area (Å²) in [6, 6.07) is -0.0929. The lowest BCUT2D eigenvalue weighted by atomic mass is 9.69. The number of hydrogen-bond donors (Lipinski definition) is 0. The number of hydrogen-bond acceptors (Lipinski definition) is 3. The van der Waals surface area contributed by atoms with Gasteiger partial charge in [0.15, 0.2) is 0 Å². The second kappa shape index (κ2) is 4.57. The molecular formula is C19H24NO3S. The van der Waals surface area contributed by atoms with Gasteiger partial charge in [-0.25, -0.2) is 12.7 Å². The van der Waals surface area contributed by atoms with Gasteiger partial charge >= 0.3 is 0 Å². The highest BCUT2D eigenvalue weighted by molar-refractivity contribution is 7.90. The Morgan fingerprint density at radius 1 is 1.21 bits per heavy atom. The second-order valence-electron chi connectivity index (χ2n) is 8.92. The Morgan fingerprint density at radius 3 is 2.58 bits per heavy atom. The third kappa shape index (κ3) is 1.75. The molecular weight excluding hydrogens is 322 g/mol. The number of fused-ring (bicyclic) bond motifs is 1. The molecule has 5 aliphatic rings. The van der Waals surface area contributed by atoms with E-state index < -0.39 is 10.0 Å². The molecule has 0 aromatic rings. The monoisotopic (exact) mass is 346 g/mol. The maximum Gasteiger partial charge on any atom is 0.239 e. The molecule has 1 aliphatic heterocycles. The molecule has 1 amide bonds. The quantitative estimate of drug-likeness (QED) is 0.771. The molecule has 1 saturated heterocycles. The molecule has 1 spiro atoms. The summed E-state index contributed by atoms with van der Waals surface area (Å²) in [6.07, 6.45) is 11.8.